The third kappa shape index (κ3) is 1.53. The highest BCUT2D eigenvalue weighted by Gasteiger charge is 2.41. The second kappa shape index (κ2) is 2.82. The summed E-state index contributed by atoms with van der Waals surface area (Å²) in [7, 11) is 0. The molecule has 1 nitrogen and oxygen atoms in total. The van der Waals surface area contributed by atoms with Crippen LogP contribution in [0.4, 0.5) is 0 Å². The van der Waals surface area contributed by atoms with Crippen LogP contribution in [0.5, 0.6) is 0 Å². The molecule has 70 valence electrons. The van der Waals surface area contributed by atoms with E-state index in [0.29, 0.717) is 0 Å². The fourth-order valence-corrected chi connectivity index (χ4v) is 2.11. The zero-order chi connectivity index (χ0) is 9.64. The number of aryl methyl sites for hydroxylation is 2. The molecule has 0 atom stereocenters. The molecule has 2 N–H and O–H groups in total. The molecular formula is C11H14BrN. The highest BCUT2D eigenvalue weighted by molar-refractivity contribution is 9.10. The summed E-state index contributed by atoms with van der Waals surface area (Å²) >= 11 is 3.54. The van der Waals surface area contributed by atoms with Gasteiger partial charge in [-0.15, -0.1) is 0 Å². The number of hydrogen-bond donors (Lipinski definition) is 1. The van der Waals surface area contributed by atoms with Gasteiger partial charge >= 0.3 is 0 Å². The molecule has 0 aliphatic heterocycles. The monoisotopic (exact) mass is 239 g/mol. The molecule has 0 amide bonds. The smallest absolute Gasteiger partial charge is 0.0414 e. The van der Waals surface area contributed by atoms with Crippen LogP contribution >= 0.6 is 15.9 Å². The van der Waals surface area contributed by atoms with Gasteiger partial charge in [-0.1, -0.05) is 22.0 Å². The lowest BCUT2D eigenvalue weighted by molar-refractivity contribution is 0.732. The maximum atomic E-state index is 6.17. The molecule has 1 aromatic carbocycles. The number of benzene rings is 1. The van der Waals surface area contributed by atoms with Crippen LogP contribution in [0.3, 0.4) is 0 Å². The van der Waals surface area contributed by atoms with Crippen LogP contribution in [0.25, 0.3) is 0 Å². The largest absolute Gasteiger partial charge is 0.321 e. The van der Waals surface area contributed by atoms with Crippen molar-refractivity contribution in [3.05, 3.63) is 33.3 Å². The standard InChI is InChI=1S/C11H14BrN/c1-7-5-8(2)10(12)6-9(7)11(13)3-4-11/h5-6H,3-4,13H2,1-2H3. The van der Waals surface area contributed by atoms with Gasteiger partial charge in [0.05, 0.1) is 0 Å². The van der Waals surface area contributed by atoms with Crippen molar-refractivity contribution in [2.24, 2.45) is 5.73 Å². The summed E-state index contributed by atoms with van der Waals surface area (Å²) in [6.45, 7) is 4.25. The zero-order valence-electron chi connectivity index (χ0n) is 8.02. The Hall–Kier alpha value is -0.340. The molecule has 0 saturated heterocycles. The fourth-order valence-electron chi connectivity index (χ4n) is 1.77. The second-order valence-corrected chi connectivity index (χ2v) is 4.93. The maximum Gasteiger partial charge on any atom is 0.0414 e. The molecule has 2 heteroatoms. The third-order valence-corrected chi connectivity index (χ3v) is 3.69. The number of halogens is 1. The van der Waals surface area contributed by atoms with Crippen LogP contribution in [0.2, 0.25) is 0 Å². The lowest BCUT2D eigenvalue weighted by atomic mass is 9.98. The van der Waals surface area contributed by atoms with E-state index in [1.165, 1.54) is 21.2 Å². The van der Waals surface area contributed by atoms with E-state index in [1.54, 1.807) is 0 Å². The van der Waals surface area contributed by atoms with E-state index in [4.69, 9.17) is 5.73 Å². The third-order valence-electron chi connectivity index (χ3n) is 2.83. The first-order valence-corrected chi connectivity index (χ1v) is 5.38. The van der Waals surface area contributed by atoms with Gasteiger partial charge in [-0.25, -0.2) is 0 Å². The van der Waals surface area contributed by atoms with E-state index in [9.17, 15) is 0 Å². The molecule has 0 aromatic heterocycles. The van der Waals surface area contributed by atoms with Gasteiger partial charge in [0.15, 0.2) is 0 Å². The van der Waals surface area contributed by atoms with Gasteiger partial charge in [-0.3, -0.25) is 0 Å². The zero-order valence-corrected chi connectivity index (χ0v) is 9.61. The molecule has 0 unspecified atom stereocenters. The predicted molar refractivity (Wildman–Crippen MR) is 58.7 cm³/mol. The van der Waals surface area contributed by atoms with Crippen molar-refractivity contribution < 1.29 is 0 Å². The van der Waals surface area contributed by atoms with Gasteiger partial charge in [-0.2, -0.15) is 0 Å². The minimum Gasteiger partial charge on any atom is -0.321 e. The summed E-state index contributed by atoms with van der Waals surface area (Å²) in [4.78, 5) is 0. The molecule has 0 radical (unpaired) electrons. The first-order chi connectivity index (χ1) is 6.03. The van der Waals surface area contributed by atoms with Crippen molar-refractivity contribution in [1.29, 1.82) is 0 Å². The minimum atomic E-state index is -0.0136. The quantitative estimate of drug-likeness (QED) is 0.802. The number of rotatable bonds is 1. The van der Waals surface area contributed by atoms with Crippen LogP contribution in [-0.4, -0.2) is 0 Å². The SMILES string of the molecule is Cc1cc(C)c(C2(N)CC2)cc1Br. The Labute approximate surface area is 87.5 Å². The van der Waals surface area contributed by atoms with Crippen molar-refractivity contribution in [3.8, 4) is 0 Å². The van der Waals surface area contributed by atoms with Crippen molar-refractivity contribution >= 4 is 15.9 Å². The van der Waals surface area contributed by atoms with Crippen molar-refractivity contribution in [1.82, 2.24) is 0 Å². The van der Waals surface area contributed by atoms with Gasteiger partial charge in [0.1, 0.15) is 0 Å². The van der Waals surface area contributed by atoms with Crippen LogP contribution in [0.1, 0.15) is 29.5 Å². The molecule has 2 rings (SSSR count). The minimum absolute atomic E-state index is 0.0136. The molecule has 0 heterocycles. The van der Waals surface area contributed by atoms with Crippen molar-refractivity contribution in [3.63, 3.8) is 0 Å². The average Bonchev–Trinajstić information content (AvgIpc) is 2.77. The van der Waals surface area contributed by atoms with Gasteiger partial charge < -0.3 is 5.73 Å². The summed E-state index contributed by atoms with van der Waals surface area (Å²) < 4.78 is 1.17. The molecule has 13 heavy (non-hydrogen) atoms. The Morgan fingerprint density at radius 3 is 2.38 bits per heavy atom. The predicted octanol–water partition coefficient (Wildman–Crippen LogP) is 3.01. The summed E-state index contributed by atoms with van der Waals surface area (Å²) in [5.41, 5.74) is 10.1. The van der Waals surface area contributed by atoms with E-state index in [0.717, 1.165) is 12.8 Å². The molecule has 1 fully saturated rings. The van der Waals surface area contributed by atoms with E-state index in [-0.39, 0.29) is 5.54 Å². The summed E-state index contributed by atoms with van der Waals surface area (Å²) in [6, 6.07) is 4.38. The van der Waals surface area contributed by atoms with Gasteiger partial charge in [0.2, 0.25) is 0 Å². The van der Waals surface area contributed by atoms with E-state index in [1.807, 2.05) is 0 Å². The summed E-state index contributed by atoms with van der Waals surface area (Å²) in [5, 5.41) is 0. The summed E-state index contributed by atoms with van der Waals surface area (Å²) in [6.07, 6.45) is 2.26. The first kappa shape index (κ1) is 9.22. The summed E-state index contributed by atoms with van der Waals surface area (Å²) in [5.74, 6) is 0. The number of hydrogen-bond acceptors (Lipinski definition) is 1. The molecular weight excluding hydrogens is 226 g/mol. The van der Waals surface area contributed by atoms with Crippen molar-refractivity contribution in [2.75, 3.05) is 0 Å². The first-order valence-electron chi connectivity index (χ1n) is 4.59. The van der Waals surface area contributed by atoms with E-state index >= 15 is 0 Å². The van der Waals surface area contributed by atoms with Crippen LogP contribution in [0.15, 0.2) is 16.6 Å². The van der Waals surface area contributed by atoms with Crippen LogP contribution < -0.4 is 5.73 Å². The Balaban J connectivity index is 2.52. The lowest BCUT2D eigenvalue weighted by Crippen LogP contribution is -2.20. The van der Waals surface area contributed by atoms with Crippen molar-refractivity contribution in [2.45, 2.75) is 32.2 Å². The lowest BCUT2D eigenvalue weighted by Gasteiger charge is -2.14. The highest BCUT2D eigenvalue weighted by Crippen LogP contribution is 2.45. The molecule has 1 aliphatic rings. The Kier molecular flexibility index (Phi) is 2.00. The molecule has 1 saturated carbocycles. The van der Waals surface area contributed by atoms with Gasteiger partial charge in [0, 0.05) is 10.0 Å². The highest BCUT2D eigenvalue weighted by atomic mass is 79.9. The van der Waals surface area contributed by atoms with Gasteiger partial charge in [0.25, 0.3) is 0 Å². The van der Waals surface area contributed by atoms with Crippen LogP contribution in [-0.2, 0) is 5.54 Å². The Bertz CT molecular complexity index is 353. The van der Waals surface area contributed by atoms with Crippen LogP contribution in [0, 0.1) is 13.8 Å². The number of nitrogens with two attached hydrogens (primary N) is 1. The molecule has 1 aliphatic carbocycles. The normalized spacial score (nSPS) is 18.8. The fraction of sp³-hybridized carbons (Fsp3) is 0.455. The van der Waals surface area contributed by atoms with E-state index < -0.39 is 0 Å². The average molecular weight is 240 g/mol. The second-order valence-electron chi connectivity index (χ2n) is 4.07. The Morgan fingerprint density at radius 1 is 1.23 bits per heavy atom. The molecule has 0 bridgehead atoms. The molecule has 1 aromatic rings. The molecule has 0 spiro atoms. The van der Waals surface area contributed by atoms with E-state index in [2.05, 4.69) is 41.9 Å². The Morgan fingerprint density at radius 2 is 1.85 bits per heavy atom. The topological polar surface area (TPSA) is 26.0 Å². The maximum absolute atomic E-state index is 6.17. The van der Waals surface area contributed by atoms with Gasteiger partial charge in [-0.05, 0) is 49.4 Å².